The van der Waals surface area contributed by atoms with E-state index in [2.05, 4.69) is 4.98 Å². The van der Waals surface area contributed by atoms with Gasteiger partial charge in [-0.3, -0.25) is 19.5 Å². The van der Waals surface area contributed by atoms with E-state index in [1.165, 1.54) is 22.8 Å². The number of rotatable bonds is 4. The second-order valence-corrected chi connectivity index (χ2v) is 7.22. The summed E-state index contributed by atoms with van der Waals surface area (Å²) in [5.74, 6) is 0.226. The van der Waals surface area contributed by atoms with Crippen molar-refractivity contribution in [2.75, 3.05) is 0 Å². The minimum absolute atomic E-state index is 0.0754. The normalized spacial score (nSPS) is 11.3. The van der Waals surface area contributed by atoms with Gasteiger partial charge in [0, 0.05) is 16.1 Å². The molecule has 0 unspecified atom stereocenters. The summed E-state index contributed by atoms with van der Waals surface area (Å²) >= 11 is 12.2. The highest BCUT2D eigenvalue weighted by atomic mass is 35.5. The Balaban J connectivity index is 2.03. The van der Waals surface area contributed by atoms with Crippen LogP contribution in [-0.4, -0.2) is 14.5 Å². The number of aromatic nitrogens is 2. The zero-order valence-corrected chi connectivity index (χ0v) is 16.8. The molecule has 4 aromatic rings. The van der Waals surface area contributed by atoms with Gasteiger partial charge in [0.05, 0.1) is 15.8 Å². The monoisotopic (exact) mass is 437 g/mol. The van der Waals surface area contributed by atoms with Crippen molar-refractivity contribution >= 4 is 51.9 Å². The van der Waals surface area contributed by atoms with Gasteiger partial charge in [-0.1, -0.05) is 53.5 Å². The summed E-state index contributed by atoms with van der Waals surface area (Å²) in [7, 11) is 0. The first-order valence-corrected chi connectivity index (χ1v) is 9.60. The smallest absolute Gasteiger partial charge is 0.268 e. The molecule has 0 atom stereocenters. The number of para-hydroxylation sites is 1. The third-order valence-electron chi connectivity index (χ3n) is 4.49. The Bertz CT molecular complexity index is 1380. The fourth-order valence-corrected chi connectivity index (χ4v) is 3.47. The number of benzene rings is 3. The van der Waals surface area contributed by atoms with Crippen molar-refractivity contribution in [2.45, 2.75) is 0 Å². The first kappa shape index (κ1) is 19.8. The summed E-state index contributed by atoms with van der Waals surface area (Å²) in [5, 5.41) is 12.7. The van der Waals surface area contributed by atoms with Crippen LogP contribution in [0.15, 0.2) is 71.5 Å². The quantitative estimate of drug-likeness (QED) is 0.299. The Morgan fingerprint density at radius 2 is 1.70 bits per heavy atom. The SMILES string of the molecule is O=c1c2ccccc2nc(C=Cc2ccccc2Cl)n1-c1ccc(Cl)cc1[N+](=O)[O-]. The zero-order chi connectivity index (χ0) is 21.3. The Hall–Kier alpha value is -3.48. The van der Waals surface area contributed by atoms with Crippen LogP contribution >= 0.6 is 23.2 Å². The number of hydrogen-bond acceptors (Lipinski definition) is 4. The van der Waals surface area contributed by atoms with E-state index in [4.69, 9.17) is 23.2 Å². The van der Waals surface area contributed by atoms with E-state index in [0.29, 0.717) is 15.9 Å². The van der Waals surface area contributed by atoms with E-state index in [-0.39, 0.29) is 22.2 Å². The molecule has 0 aliphatic carbocycles. The first-order valence-electron chi connectivity index (χ1n) is 8.84. The van der Waals surface area contributed by atoms with Crippen LogP contribution in [0.4, 0.5) is 5.69 Å². The third-order valence-corrected chi connectivity index (χ3v) is 5.07. The van der Waals surface area contributed by atoms with Crippen molar-refractivity contribution < 1.29 is 4.92 Å². The Morgan fingerprint density at radius 3 is 2.47 bits per heavy atom. The highest BCUT2D eigenvalue weighted by Crippen LogP contribution is 2.28. The summed E-state index contributed by atoms with van der Waals surface area (Å²) in [4.78, 5) is 28.9. The van der Waals surface area contributed by atoms with Crippen LogP contribution in [-0.2, 0) is 0 Å². The predicted octanol–water partition coefficient (Wildman–Crippen LogP) is 5.77. The molecule has 1 heterocycles. The summed E-state index contributed by atoms with van der Waals surface area (Å²) in [6.45, 7) is 0. The predicted molar refractivity (Wildman–Crippen MR) is 119 cm³/mol. The average molecular weight is 438 g/mol. The van der Waals surface area contributed by atoms with Crippen LogP contribution in [0.2, 0.25) is 10.0 Å². The van der Waals surface area contributed by atoms with Gasteiger partial charge in [-0.15, -0.1) is 0 Å². The molecule has 0 amide bonds. The standard InChI is InChI=1S/C22H13Cl2N3O3/c23-15-10-11-19(20(13-15)27(29)30)26-21(12-9-14-5-1-3-7-17(14)24)25-18-8-4-2-6-16(18)22(26)28/h1-13H. The van der Waals surface area contributed by atoms with Crippen LogP contribution in [0.5, 0.6) is 0 Å². The lowest BCUT2D eigenvalue weighted by molar-refractivity contribution is -0.384. The molecular weight excluding hydrogens is 425 g/mol. The molecule has 0 spiro atoms. The second-order valence-electron chi connectivity index (χ2n) is 6.37. The van der Waals surface area contributed by atoms with E-state index >= 15 is 0 Å². The van der Waals surface area contributed by atoms with Crippen molar-refractivity contribution in [3.05, 3.63) is 109 Å². The van der Waals surface area contributed by atoms with Crippen molar-refractivity contribution in [1.29, 1.82) is 0 Å². The molecule has 0 bridgehead atoms. The van der Waals surface area contributed by atoms with Gasteiger partial charge in [-0.05, 0) is 48.0 Å². The molecule has 148 valence electrons. The summed E-state index contributed by atoms with van der Waals surface area (Å²) in [5.41, 5.74) is 0.554. The number of nitro groups is 1. The maximum absolute atomic E-state index is 13.3. The second kappa shape index (κ2) is 8.10. The van der Waals surface area contributed by atoms with Crippen molar-refractivity contribution in [2.24, 2.45) is 0 Å². The molecule has 0 fully saturated rings. The topological polar surface area (TPSA) is 78.0 Å². The van der Waals surface area contributed by atoms with Gasteiger partial charge in [0.25, 0.3) is 11.2 Å². The van der Waals surface area contributed by atoms with E-state index < -0.39 is 10.5 Å². The highest BCUT2D eigenvalue weighted by molar-refractivity contribution is 6.32. The lowest BCUT2D eigenvalue weighted by Gasteiger charge is -2.12. The largest absolute Gasteiger partial charge is 0.294 e. The van der Waals surface area contributed by atoms with Crippen LogP contribution in [0.1, 0.15) is 11.4 Å². The van der Waals surface area contributed by atoms with Crippen LogP contribution in [0.3, 0.4) is 0 Å². The van der Waals surface area contributed by atoms with Gasteiger partial charge < -0.3 is 0 Å². The van der Waals surface area contributed by atoms with Gasteiger partial charge >= 0.3 is 0 Å². The molecule has 0 N–H and O–H groups in total. The lowest BCUT2D eigenvalue weighted by Crippen LogP contribution is -2.23. The fraction of sp³-hybridized carbons (Fsp3) is 0. The molecule has 8 heteroatoms. The van der Waals surface area contributed by atoms with Gasteiger partial charge in [-0.25, -0.2) is 4.98 Å². The molecule has 4 rings (SSSR count). The number of nitrogens with zero attached hydrogens (tertiary/aromatic N) is 3. The highest BCUT2D eigenvalue weighted by Gasteiger charge is 2.20. The van der Waals surface area contributed by atoms with Crippen molar-refractivity contribution in [1.82, 2.24) is 9.55 Å². The molecule has 0 radical (unpaired) electrons. The lowest BCUT2D eigenvalue weighted by atomic mass is 10.2. The van der Waals surface area contributed by atoms with Crippen LogP contribution in [0.25, 0.3) is 28.7 Å². The minimum atomic E-state index is -0.579. The van der Waals surface area contributed by atoms with Crippen LogP contribution < -0.4 is 5.56 Å². The average Bonchev–Trinajstić information content (AvgIpc) is 2.74. The minimum Gasteiger partial charge on any atom is -0.268 e. The molecule has 0 aliphatic heterocycles. The molecule has 0 aliphatic rings. The van der Waals surface area contributed by atoms with Gasteiger partial charge in [0.1, 0.15) is 11.5 Å². The molecule has 0 saturated carbocycles. The Labute approximate surface area is 180 Å². The van der Waals surface area contributed by atoms with Gasteiger partial charge in [0.2, 0.25) is 0 Å². The van der Waals surface area contributed by atoms with E-state index in [1.54, 1.807) is 48.6 Å². The molecular formula is C22H13Cl2N3O3. The Morgan fingerprint density at radius 1 is 0.967 bits per heavy atom. The number of fused-ring (bicyclic) bond motifs is 1. The van der Waals surface area contributed by atoms with Gasteiger partial charge in [0.15, 0.2) is 0 Å². The molecule has 3 aromatic carbocycles. The first-order chi connectivity index (χ1) is 14.5. The number of halogens is 2. The van der Waals surface area contributed by atoms with Crippen LogP contribution in [0, 0.1) is 10.1 Å². The van der Waals surface area contributed by atoms with Crippen molar-refractivity contribution in [3.63, 3.8) is 0 Å². The number of nitro benzene ring substituents is 1. The van der Waals surface area contributed by atoms with E-state index in [0.717, 1.165) is 5.56 Å². The maximum atomic E-state index is 13.3. The summed E-state index contributed by atoms with van der Waals surface area (Å²) in [6.07, 6.45) is 3.31. The molecule has 6 nitrogen and oxygen atoms in total. The molecule has 1 aromatic heterocycles. The summed E-state index contributed by atoms with van der Waals surface area (Å²) < 4.78 is 1.21. The van der Waals surface area contributed by atoms with E-state index in [1.807, 2.05) is 12.1 Å². The molecule has 30 heavy (non-hydrogen) atoms. The van der Waals surface area contributed by atoms with Gasteiger partial charge in [-0.2, -0.15) is 0 Å². The van der Waals surface area contributed by atoms with Crippen molar-refractivity contribution in [3.8, 4) is 5.69 Å². The number of hydrogen-bond donors (Lipinski definition) is 0. The fourth-order valence-electron chi connectivity index (χ4n) is 3.10. The zero-order valence-electron chi connectivity index (χ0n) is 15.3. The Kier molecular flexibility index (Phi) is 5.35. The third kappa shape index (κ3) is 3.70. The van der Waals surface area contributed by atoms with E-state index in [9.17, 15) is 14.9 Å². The molecule has 0 saturated heterocycles. The summed E-state index contributed by atoms with van der Waals surface area (Å²) in [6, 6.07) is 18.2. The maximum Gasteiger partial charge on any atom is 0.294 e.